The van der Waals surface area contributed by atoms with Crippen LogP contribution in [0.3, 0.4) is 0 Å². The van der Waals surface area contributed by atoms with E-state index in [4.69, 9.17) is 10.00 Å². The summed E-state index contributed by atoms with van der Waals surface area (Å²) in [6, 6.07) is 11.8. The Labute approximate surface area is 112 Å². The lowest BCUT2D eigenvalue weighted by molar-refractivity contribution is 0.340. The minimum Gasteiger partial charge on any atom is -0.494 e. The number of ether oxygens (including phenoxy) is 1. The van der Waals surface area contributed by atoms with E-state index in [9.17, 15) is 0 Å². The first-order valence-electron chi connectivity index (χ1n) is 6.25. The Morgan fingerprint density at radius 1 is 1.21 bits per heavy atom. The van der Waals surface area contributed by atoms with Crippen LogP contribution in [0.4, 0.5) is 0 Å². The Bertz CT molecular complexity index is 573. The molecule has 4 nitrogen and oxygen atoms in total. The molecule has 2 rings (SSSR count). The monoisotopic (exact) mass is 253 g/mol. The fourth-order valence-electron chi connectivity index (χ4n) is 1.74. The van der Waals surface area contributed by atoms with Crippen LogP contribution in [0.15, 0.2) is 36.5 Å². The first kappa shape index (κ1) is 13.0. The van der Waals surface area contributed by atoms with Gasteiger partial charge in [0.15, 0.2) is 0 Å². The zero-order chi connectivity index (χ0) is 13.5. The van der Waals surface area contributed by atoms with E-state index in [1.54, 1.807) is 6.20 Å². The molecule has 0 radical (unpaired) electrons. The summed E-state index contributed by atoms with van der Waals surface area (Å²) in [4.78, 5) is 8.62. The molecule has 0 aliphatic carbocycles. The van der Waals surface area contributed by atoms with Crippen molar-refractivity contribution in [2.24, 2.45) is 0 Å². The molecule has 0 amide bonds. The zero-order valence-corrected chi connectivity index (χ0v) is 10.8. The molecular weight excluding hydrogens is 238 g/mol. The van der Waals surface area contributed by atoms with Gasteiger partial charge in [-0.2, -0.15) is 5.26 Å². The Kier molecular flexibility index (Phi) is 4.46. The molecule has 2 aromatic rings. The van der Waals surface area contributed by atoms with Gasteiger partial charge in [-0.1, -0.05) is 0 Å². The highest BCUT2D eigenvalue weighted by atomic mass is 16.5. The first-order chi connectivity index (χ1) is 9.33. The fourth-order valence-corrected chi connectivity index (χ4v) is 1.74. The standard InChI is InChI=1S/C15H15N3O/c1-2-19-13-7-5-12(6-8-13)14-9-11-17-15(18-14)4-3-10-16/h5-9,11H,2-4H2,1H3. The lowest BCUT2D eigenvalue weighted by Crippen LogP contribution is -1.96. The second-order valence-corrected chi connectivity index (χ2v) is 3.97. The van der Waals surface area contributed by atoms with Crippen LogP contribution < -0.4 is 4.74 Å². The lowest BCUT2D eigenvalue weighted by atomic mass is 10.1. The highest BCUT2D eigenvalue weighted by Gasteiger charge is 2.02. The average molecular weight is 253 g/mol. The molecule has 0 spiro atoms. The van der Waals surface area contributed by atoms with E-state index in [0.717, 1.165) is 17.0 Å². The predicted octanol–water partition coefficient (Wildman–Crippen LogP) is 3.00. The molecule has 4 heteroatoms. The van der Waals surface area contributed by atoms with Gasteiger partial charge < -0.3 is 4.74 Å². The maximum Gasteiger partial charge on any atom is 0.129 e. The Balaban J connectivity index is 2.19. The van der Waals surface area contributed by atoms with Crippen LogP contribution in [0.2, 0.25) is 0 Å². The molecule has 0 fully saturated rings. The molecule has 1 aromatic carbocycles. The summed E-state index contributed by atoms with van der Waals surface area (Å²) < 4.78 is 5.40. The van der Waals surface area contributed by atoms with Gasteiger partial charge in [0.25, 0.3) is 0 Å². The quantitative estimate of drug-likeness (QED) is 0.821. The number of aromatic nitrogens is 2. The van der Waals surface area contributed by atoms with E-state index in [1.807, 2.05) is 37.3 Å². The molecule has 0 saturated heterocycles. The number of nitriles is 1. The zero-order valence-electron chi connectivity index (χ0n) is 10.8. The Hall–Kier alpha value is -2.41. The minimum absolute atomic E-state index is 0.437. The van der Waals surface area contributed by atoms with Gasteiger partial charge in [-0.25, -0.2) is 9.97 Å². The van der Waals surface area contributed by atoms with Crippen molar-refractivity contribution >= 4 is 0 Å². The van der Waals surface area contributed by atoms with Crippen LogP contribution in [0.25, 0.3) is 11.3 Å². The van der Waals surface area contributed by atoms with Gasteiger partial charge >= 0.3 is 0 Å². The minimum atomic E-state index is 0.437. The van der Waals surface area contributed by atoms with Crippen molar-refractivity contribution in [2.45, 2.75) is 19.8 Å². The van der Waals surface area contributed by atoms with Gasteiger partial charge in [0.1, 0.15) is 11.6 Å². The molecule has 0 unspecified atom stereocenters. The third-order valence-corrected chi connectivity index (χ3v) is 2.63. The highest BCUT2D eigenvalue weighted by Crippen LogP contribution is 2.20. The number of rotatable bonds is 5. The van der Waals surface area contributed by atoms with Crippen molar-refractivity contribution in [3.63, 3.8) is 0 Å². The molecule has 0 N–H and O–H groups in total. The van der Waals surface area contributed by atoms with Crippen LogP contribution >= 0.6 is 0 Å². The topological polar surface area (TPSA) is 58.8 Å². The molecular formula is C15H15N3O. The molecule has 19 heavy (non-hydrogen) atoms. The van der Waals surface area contributed by atoms with E-state index in [-0.39, 0.29) is 0 Å². The third kappa shape index (κ3) is 3.52. The summed E-state index contributed by atoms with van der Waals surface area (Å²) in [5.41, 5.74) is 1.88. The van der Waals surface area contributed by atoms with Gasteiger partial charge in [0, 0.05) is 24.6 Å². The van der Waals surface area contributed by atoms with Crippen LogP contribution in [0.5, 0.6) is 5.75 Å². The van der Waals surface area contributed by atoms with E-state index in [0.29, 0.717) is 25.3 Å². The summed E-state index contributed by atoms with van der Waals surface area (Å²) in [5, 5.41) is 8.58. The van der Waals surface area contributed by atoms with E-state index < -0.39 is 0 Å². The van der Waals surface area contributed by atoms with E-state index in [1.165, 1.54) is 0 Å². The number of hydrogen-bond donors (Lipinski definition) is 0. The third-order valence-electron chi connectivity index (χ3n) is 2.63. The molecule has 0 aliphatic heterocycles. The van der Waals surface area contributed by atoms with Gasteiger partial charge in [-0.3, -0.25) is 0 Å². The number of benzene rings is 1. The maximum atomic E-state index is 8.58. The van der Waals surface area contributed by atoms with E-state index in [2.05, 4.69) is 16.0 Å². The molecule has 0 saturated carbocycles. The Morgan fingerprint density at radius 2 is 2.00 bits per heavy atom. The van der Waals surface area contributed by atoms with Crippen molar-refractivity contribution in [1.82, 2.24) is 9.97 Å². The first-order valence-corrected chi connectivity index (χ1v) is 6.25. The maximum absolute atomic E-state index is 8.58. The van der Waals surface area contributed by atoms with Crippen molar-refractivity contribution in [3.8, 4) is 23.1 Å². The van der Waals surface area contributed by atoms with Crippen LogP contribution in [-0.2, 0) is 6.42 Å². The van der Waals surface area contributed by atoms with Crippen molar-refractivity contribution < 1.29 is 4.74 Å². The molecule has 96 valence electrons. The lowest BCUT2D eigenvalue weighted by Gasteiger charge is -2.05. The molecule has 0 atom stereocenters. The number of hydrogen-bond acceptors (Lipinski definition) is 4. The van der Waals surface area contributed by atoms with Crippen LogP contribution in [0, 0.1) is 11.3 Å². The second-order valence-electron chi connectivity index (χ2n) is 3.97. The second kappa shape index (κ2) is 6.50. The summed E-state index contributed by atoms with van der Waals surface area (Å²) in [7, 11) is 0. The van der Waals surface area contributed by atoms with Crippen LogP contribution in [-0.4, -0.2) is 16.6 Å². The molecule has 1 heterocycles. The van der Waals surface area contributed by atoms with Gasteiger partial charge in [0.2, 0.25) is 0 Å². The van der Waals surface area contributed by atoms with Gasteiger partial charge in [0.05, 0.1) is 18.4 Å². The van der Waals surface area contributed by atoms with E-state index >= 15 is 0 Å². The van der Waals surface area contributed by atoms with Gasteiger partial charge in [-0.05, 0) is 37.3 Å². The smallest absolute Gasteiger partial charge is 0.129 e. The highest BCUT2D eigenvalue weighted by molar-refractivity contribution is 5.59. The summed E-state index contributed by atoms with van der Waals surface area (Å²) in [6.45, 7) is 2.62. The molecule has 0 bridgehead atoms. The normalized spacial score (nSPS) is 9.89. The summed E-state index contributed by atoms with van der Waals surface area (Å²) >= 11 is 0. The van der Waals surface area contributed by atoms with Crippen molar-refractivity contribution in [2.75, 3.05) is 6.61 Å². The summed E-state index contributed by atoms with van der Waals surface area (Å²) in [6.07, 6.45) is 2.75. The summed E-state index contributed by atoms with van der Waals surface area (Å²) in [5.74, 6) is 1.55. The van der Waals surface area contributed by atoms with Crippen molar-refractivity contribution in [3.05, 3.63) is 42.4 Å². The Morgan fingerprint density at radius 3 is 2.68 bits per heavy atom. The molecule has 1 aromatic heterocycles. The SMILES string of the molecule is CCOc1ccc(-c2ccnc(CCC#N)n2)cc1. The van der Waals surface area contributed by atoms with Crippen molar-refractivity contribution in [1.29, 1.82) is 5.26 Å². The van der Waals surface area contributed by atoms with Gasteiger partial charge in [-0.15, -0.1) is 0 Å². The molecule has 0 aliphatic rings. The number of nitrogens with zero attached hydrogens (tertiary/aromatic N) is 3. The number of aryl methyl sites for hydroxylation is 1. The average Bonchev–Trinajstić information content (AvgIpc) is 2.46. The van der Waals surface area contributed by atoms with Crippen LogP contribution in [0.1, 0.15) is 19.2 Å². The largest absolute Gasteiger partial charge is 0.494 e. The predicted molar refractivity (Wildman–Crippen MR) is 72.6 cm³/mol. The fraction of sp³-hybridized carbons (Fsp3) is 0.267.